The lowest BCUT2D eigenvalue weighted by molar-refractivity contribution is 0.509. The molecule has 0 unspecified atom stereocenters. The molecule has 2 heterocycles. The molecule has 6 heteroatoms. The van der Waals surface area contributed by atoms with Crippen LogP contribution in [-0.4, -0.2) is 14.5 Å². The third-order valence-electron chi connectivity index (χ3n) is 2.55. The van der Waals surface area contributed by atoms with Gasteiger partial charge in [-0.25, -0.2) is 9.97 Å². The number of thiazole rings is 1. The van der Waals surface area contributed by atoms with Gasteiger partial charge in [-0.1, -0.05) is 13.8 Å². The van der Waals surface area contributed by atoms with E-state index in [1.165, 1.54) is 0 Å². The Bertz CT molecular complexity index is 603. The van der Waals surface area contributed by atoms with Crippen molar-refractivity contribution in [3.8, 4) is 0 Å². The number of aromatic nitrogens is 3. The zero-order valence-corrected chi connectivity index (χ0v) is 12.2. The van der Waals surface area contributed by atoms with Crippen molar-refractivity contribution in [2.45, 2.75) is 33.9 Å². The minimum absolute atomic E-state index is 0.0792. The first-order valence-electron chi connectivity index (χ1n) is 6.27. The smallest absolute Gasteiger partial charge is 0.293 e. The summed E-state index contributed by atoms with van der Waals surface area (Å²) >= 11 is 1.62. The van der Waals surface area contributed by atoms with E-state index < -0.39 is 0 Å². The van der Waals surface area contributed by atoms with E-state index in [0.29, 0.717) is 24.8 Å². The maximum atomic E-state index is 12.2. The molecule has 2 aromatic heterocycles. The van der Waals surface area contributed by atoms with Crippen molar-refractivity contribution < 1.29 is 0 Å². The van der Waals surface area contributed by atoms with Gasteiger partial charge in [0.1, 0.15) is 5.01 Å². The Morgan fingerprint density at radius 3 is 2.84 bits per heavy atom. The molecule has 0 saturated carbocycles. The Hall–Kier alpha value is -1.69. The predicted octanol–water partition coefficient (Wildman–Crippen LogP) is 2.28. The van der Waals surface area contributed by atoms with Crippen molar-refractivity contribution in [1.82, 2.24) is 14.5 Å². The Labute approximate surface area is 116 Å². The summed E-state index contributed by atoms with van der Waals surface area (Å²) < 4.78 is 1.69. The molecule has 0 radical (unpaired) electrons. The third kappa shape index (κ3) is 3.64. The van der Waals surface area contributed by atoms with E-state index in [1.807, 2.05) is 13.1 Å². The minimum Gasteiger partial charge on any atom is -0.359 e. The quantitative estimate of drug-likeness (QED) is 0.911. The highest BCUT2D eigenvalue weighted by Gasteiger charge is 2.06. The summed E-state index contributed by atoms with van der Waals surface area (Å²) in [5, 5.41) is 4.02. The first kappa shape index (κ1) is 13.7. The molecular weight excluding hydrogens is 260 g/mol. The number of nitrogens with zero attached hydrogens (tertiary/aromatic N) is 3. The summed E-state index contributed by atoms with van der Waals surface area (Å²) in [4.78, 5) is 21.7. The minimum atomic E-state index is -0.0792. The van der Waals surface area contributed by atoms with Crippen molar-refractivity contribution in [2.75, 3.05) is 5.32 Å². The van der Waals surface area contributed by atoms with Crippen LogP contribution in [0.2, 0.25) is 0 Å². The average molecular weight is 278 g/mol. The Morgan fingerprint density at radius 2 is 2.21 bits per heavy atom. The molecule has 0 bridgehead atoms. The highest BCUT2D eigenvalue weighted by molar-refractivity contribution is 7.11. The van der Waals surface area contributed by atoms with E-state index in [-0.39, 0.29) is 5.56 Å². The van der Waals surface area contributed by atoms with Gasteiger partial charge < -0.3 is 9.88 Å². The van der Waals surface area contributed by atoms with Gasteiger partial charge in [0.05, 0.1) is 6.54 Å². The van der Waals surface area contributed by atoms with Gasteiger partial charge in [0.2, 0.25) is 0 Å². The Kier molecular flexibility index (Phi) is 4.31. The van der Waals surface area contributed by atoms with Crippen LogP contribution < -0.4 is 10.9 Å². The van der Waals surface area contributed by atoms with Gasteiger partial charge in [-0.15, -0.1) is 11.3 Å². The van der Waals surface area contributed by atoms with E-state index in [9.17, 15) is 4.79 Å². The van der Waals surface area contributed by atoms with Crippen molar-refractivity contribution >= 4 is 17.2 Å². The summed E-state index contributed by atoms with van der Waals surface area (Å²) in [5.74, 6) is 0.811. The second-order valence-corrected chi connectivity index (χ2v) is 6.16. The maximum absolute atomic E-state index is 12.2. The zero-order chi connectivity index (χ0) is 13.8. The standard InChI is InChI=1S/C13H18N4OS/c1-9(2)8-17-5-4-14-12(13(17)18)16-7-11-15-6-10(3)19-11/h4-6,9H,7-8H2,1-3H3,(H,14,16). The number of hydrogen-bond donors (Lipinski definition) is 1. The normalized spacial score (nSPS) is 10.9. The van der Waals surface area contributed by atoms with Gasteiger partial charge in [0.25, 0.3) is 5.56 Å². The van der Waals surface area contributed by atoms with E-state index >= 15 is 0 Å². The average Bonchev–Trinajstić information content (AvgIpc) is 2.76. The fraction of sp³-hybridized carbons (Fsp3) is 0.462. The van der Waals surface area contributed by atoms with Gasteiger partial charge >= 0.3 is 0 Å². The Morgan fingerprint density at radius 1 is 1.42 bits per heavy atom. The monoisotopic (exact) mass is 278 g/mol. The van der Waals surface area contributed by atoms with Crippen molar-refractivity contribution in [2.24, 2.45) is 5.92 Å². The van der Waals surface area contributed by atoms with Gasteiger partial charge in [-0.2, -0.15) is 0 Å². The molecule has 0 amide bonds. The molecule has 0 atom stereocenters. The fourth-order valence-electron chi connectivity index (χ4n) is 1.75. The highest BCUT2D eigenvalue weighted by Crippen LogP contribution is 2.11. The summed E-state index contributed by atoms with van der Waals surface area (Å²) in [6.45, 7) is 7.41. The SMILES string of the molecule is Cc1cnc(CNc2nccn(CC(C)C)c2=O)s1. The van der Waals surface area contributed by atoms with E-state index in [4.69, 9.17) is 0 Å². The zero-order valence-electron chi connectivity index (χ0n) is 11.4. The first-order valence-corrected chi connectivity index (χ1v) is 7.08. The molecule has 0 aromatic carbocycles. The first-order chi connectivity index (χ1) is 9.06. The van der Waals surface area contributed by atoms with Crippen LogP contribution in [0, 0.1) is 12.8 Å². The molecule has 0 fully saturated rings. The molecular formula is C13H18N4OS. The fourth-order valence-corrected chi connectivity index (χ4v) is 2.48. The van der Waals surface area contributed by atoms with E-state index in [0.717, 1.165) is 9.88 Å². The number of hydrogen-bond acceptors (Lipinski definition) is 5. The summed E-state index contributed by atoms with van der Waals surface area (Å²) in [6.07, 6.45) is 5.21. The molecule has 2 aromatic rings. The largest absolute Gasteiger partial charge is 0.359 e. The van der Waals surface area contributed by atoms with Crippen molar-refractivity contribution in [3.05, 3.63) is 38.8 Å². The molecule has 0 aliphatic heterocycles. The van der Waals surface area contributed by atoms with Gasteiger partial charge in [0, 0.05) is 30.0 Å². The number of nitrogens with one attached hydrogen (secondary N) is 1. The lowest BCUT2D eigenvalue weighted by Crippen LogP contribution is -2.25. The van der Waals surface area contributed by atoms with Gasteiger partial charge in [0.15, 0.2) is 5.82 Å². The van der Waals surface area contributed by atoms with Crippen LogP contribution in [0.1, 0.15) is 23.7 Å². The molecule has 1 N–H and O–H groups in total. The molecule has 2 rings (SSSR count). The van der Waals surface area contributed by atoms with Crippen molar-refractivity contribution in [3.63, 3.8) is 0 Å². The molecule has 0 spiro atoms. The van der Waals surface area contributed by atoms with Crippen LogP contribution in [0.3, 0.4) is 0 Å². The summed E-state index contributed by atoms with van der Waals surface area (Å²) in [6, 6.07) is 0. The second kappa shape index (κ2) is 5.97. The van der Waals surface area contributed by atoms with Gasteiger partial charge in [-0.05, 0) is 12.8 Å². The van der Waals surface area contributed by atoms with Crippen molar-refractivity contribution in [1.29, 1.82) is 0 Å². The van der Waals surface area contributed by atoms with Crippen LogP contribution in [0.4, 0.5) is 5.82 Å². The second-order valence-electron chi connectivity index (χ2n) is 4.85. The molecule has 19 heavy (non-hydrogen) atoms. The third-order valence-corrected chi connectivity index (χ3v) is 3.46. The summed E-state index contributed by atoms with van der Waals surface area (Å²) in [7, 11) is 0. The number of rotatable bonds is 5. The number of anilines is 1. The van der Waals surface area contributed by atoms with Gasteiger partial charge in [-0.3, -0.25) is 4.79 Å². The number of aryl methyl sites for hydroxylation is 1. The topological polar surface area (TPSA) is 59.8 Å². The lowest BCUT2D eigenvalue weighted by atomic mass is 10.2. The molecule has 102 valence electrons. The lowest BCUT2D eigenvalue weighted by Gasteiger charge is -2.10. The molecule has 0 aliphatic rings. The molecule has 0 saturated heterocycles. The van der Waals surface area contributed by atoms with Crippen LogP contribution >= 0.6 is 11.3 Å². The summed E-state index contributed by atoms with van der Waals surface area (Å²) in [5.41, 5.74) is -0.0792. The highest BCUT2D eigenvalue weighted by atomic mass is 32.1. The van der Waals surface area contributed by atoms with Crippen LogP contribution in [0.15, 0.2) is 23.4 Å². The van der Waals surface area contributed by atoms with E-state index in [2.05, 4.69) is 29.1 Å². The molecule has 0 aliphatic carbocycles. The Balaban J connectivity index is 2.10. The predicted molar refractivity (Wildman–Crippen MR) is 77.5 cm³/mol. The molecule has 5 nitrogen and oxygen atoms in total. The van der Waals surface area contributed by atoms with E-state index in [1.54, 1.807) is 28.3 Å². The van der Waals surface area contributed by atoms with Crippen LogP contribution in [0.5, 0.6) is 0 Å². The maximum Gasteiger partial charge on any atom is 0.293 e. The van der Waals surface area contributed by atoms with Crippen LogP contribution in [0.25, 0.3) is 0 Å². The van der Waals surface area contributed by atoms with Crippen LogP contribution in [-0.2, 0) is 13.1 Å².